The lowest BCUT2D eigenvalue weighted by Gasteiger charge is -2.36. The van der Waals surface area contributed by atoms with E-state index in [0.29, 0.717) is 33.8 Å². The molecule has 0 radical (unpaired) electrons. The molecule has 2 aliphatic carbocycles. The molecule has 1 aliphatic heterocycles. The van der Waals surface area contributed by atoms with Crippen molar-refractivity contribution in [3.63, 3.8) is 0 Å². The molecular formula is C44H61N6O11PS. The van der Waals surface area contributed by atoms with Gasteiger partial charge in [0.2, 0.25) is 26.0 Å². The van der Waals surface area contributed by atoms with Gasteiger partial charge in [0.25, 0.3) is 0 Å². The molecule has 3 fully saturated rings. The van der Waals surface area contributed by atoms with Gasteiger partial charge in [-0.3, -0.25) is 18.7 Å². The fraction of sp³-hybridized carbons (Fsp3) is 0.591. The van der Waals surface area contributed by atoms with Crippen molar-refractivity contribution in [2.75, 3.05) is 32.4 Å². The van der Waals surface area contributed by atoms with Gasteiger partial charge in [-0.25, -0.2) is 19.6 Å². The van der Waals surface area contributed by atoms with E-state index in [4.69, 9.17) is 38.2 Å². The van der Waals surface area contributed by atoms with Gasteiger partial charge < -0.3 is 44.5 Å². The van der Waals surface area contributed by atoms with E-state index in [1.54, 1.807) is 45.2 Å². The van der Waals surface area contributed by atoms with Crippen molar-refractivity contribution < 1.29 is 52.0 Å². The van der Waals surface area contributed by atoms with Gasteiger partial charge in [0.1, 0.15) is 46.8 Å². The number of aromatic nitrogens is 2. The normalized spacial score (nSPS) is 22.6. The number of rotatable bonds is 17. The van der Waals surface area contributed by atoms with Crippen LogP contribution in [0.2, 0.25) is 0 Å². The Morgan fingerprint density at radius 2 is 1.79 bits per heavy atom. The van der Waals surface area contributed by atoms with Crippen molar-refractivity contribution in [2.24, 2.45) is 11.3 Å². The third kappa shape index (κ3) is 11.2. The summed E-state index contributed by atoms with van der Waals surface area (Å²) in [4.78, 5) is 66.0. The molecule has 3 aromatic rings. The highest BCUT2D eigenvalue weighted by Gasteiger charge is 2.65. The fourth-order valence-corrected chi connectivity index (χ4v) is 10.9. The number of amides is 3. The van der Waals surface area contributed by atoms with E-state index in [1.165, 1.54) is 22.9 Å². The van der Waals surface area contributed by atoms with Crippen LogP contribution in [0.1, 0.15) is 87.0 Å². The molecule has 0 bridgehead atoms. The second kappa shape index (κ2) is 19.4. The van der Waals surface area contributed by atoms with E-state index in [2.05, 4.69) is 22.5 Å². The van der Waals surface area contributed by atoms with E-state index < -0.39 is 79.1 Å². The predicted molar refractivity (Wildman–Crippen MR) is 239 cm³/mol. The number of fused-ring (bicyclic) bond motifs is 1. The third-order valence-electron chi connectivity index (χ3n) is 11.4. The number of likely N-dealkylation sites (tertiary alicyclic amines) is 1. The van der Waals surface area contributed by atoms with Crippen LogP contribution in [-0.2, 0) is 32.9 Å². The molecule has 3 amide bonds. The summed E-state index contributed by atoms with van der Waals surface area (Å²) >= 11 is 1.45. The number of alkyl carbamates (subject to hydrolysis) is 1. The molecule has 0 spiro atoms. The van der Waals surface area contributed by atoms with Crippen LogP contribution in [0.25, 0.3) is 22.3 Å². The molecule has 19 heteroatoms. The first-order chi connectivity index (χ1) is 29.7. The lowest BCUT2D eigenvalue weighted by atomic mass is 9.85. The molecular weight excluding hydrogens is 852 g/mol. The van der Waals surface area contributed by atoms with Gasteiger partial charge in [-0.15, -0.1) is 17.9 Å². The Morgan fingerprint density at radius 1 is 1.06 bits per heavy atom. The Bertz CT molecular complexity index is 2220. The average Bonchev–Trinajstić information content (AvgIpc) is 3.60. The van der Waals surface area contributed by atoms with Crippen molar-refractivity contribution in [1.82, 2.24) is 25.5 Å². The number of hydrogen-bond donors (Lipinski definition) is 3. The molecule has 2 saturated carbocycles. The highest BCUT2D eigenvalue weighted by atomic mass is 32.1. The number of carbonyl (C=O) groups excluding carboxylic acids is 4. The zero-order chi connectivity index (χ0) is 45.9. The predicted octanol–water partition coefficient (Wildman–Crippen LogP) is 8.08. The summed E-state index contributed by atoms with van der Waals surface area (Å²) in [5.74, 6) is -0.545. The number of carbonyl (C=O) groups is 4. The highest BCUT2D eigenvalue weighted by molar-refractivity contribution is 7.60. The molecule has 1 saturated heterocycles. The van der Waals surface area contributed by atoms with E-state index >= 15 is 0 Å². The van der Waals surface area contributed by atoms with Crippen molar-refractivity contribution in [1.29, 1.82) is 0 Å². The number of ether oxygens (including phenoxy) is 5. The maximum atomic E-state index is 14.9. The van der Waals surface area contributed by atoms with Gasteiger partial charge in [0, 0.05) is 47.9 Å². The lowest BCUT2D eigenvalue weighted by Crippen LogP contribution is -2.58. The number of thiazole rings is 1. The van der Waals surface area contributed by atoms with Crippen LogP contribution in [0.4, 0.5) is 14.7 Å². The van der Waals surface area contributed by atoms with E-state index in [-0.39, 0.29) is 31.5 Å². The third-order valence-corrected chi connectivity index (χ3v) is 14.8. The maximum Gasteiger partial charge on any atom is 0.510 e. The SMILES string of the molecule is C=C[C@@H]1C[C@]1(NC(=O)[C@@H]1C[C@@H](Oc2cc(-c3csc(NC(C)C)n3)nc3cc(OC)ccc23)CN1C(=O)[C@@H](NC(=O)OC1CCCC1)C(C)(C)C)P(C)(=O)OCOC(=O)OC(C)C. The molecule has 3 aliphatic rings. The summed E-state index contributed by atoms with van der Waals surface area (Å²) in [5.41, 5.74) is 0.940. The highest BCUT2D eigenvalue weighted by Crippen LogP contribution is 2.70. The molecule has 1 unspecified atom stereocenters. The monoisotopic (exact) mass is 912 g/mol. The molecule has 1 aromatic carbocycles. The van der Waals surface area contributed by atoms with E-state index in [9.17, 15) is 23.7 Å². The minimum Gasteiger partial charge on any atom is -0.497 e. The van der Waals surface area contributed by atoms with Gasteiger partial charge in [-0.1, -0.05) is 26.8 Å². The number of nitrogens with one attached hydrogen (secondary N) is 3. The molecule has 3 N–H and O–H groups in total. The summed E-state index contributed by atoms with van der Waals surface area (Å²) in [6.07, 6.45) is 2.12. The maximum absolute atomic E-state index is 14.9. The first-order valence-electron chi connectivity index (χ1n) is 21.4. The van der Waals surface area contributed by atoms with E-state index in [1.807, 2.05) is 46.1 Å². The number of nitrogens with zero attached hydrogens (tertiary/aromatic N) is 3. The molecule has 63 heavy (non-hydrogen) atoms. The van der Waals surface area contributed by atoms with Crippen LogP contribution in [0.3, 0.4) is 0 Å². The Morgan fingerprint density at radius 3 is 2.43 bits per heavy atom. The van der Waals surface area contributed by atoms with Crippen LogP contribution in [0.5, 0.6) is 11.5 Å². The summed E-state index contributed by atoms with van der Waals surface area (Å²) < 4.78 is 48.0. The van der Waals surface area contributed by atoms with Crippen molar-refractivity contribution in [3.8, 4) is 22.9 Å². The van der Waals surface area contributed by atoms with Crippen LogP contribution in [-0.4, -0.2) is 108 Å². The smallest absolute Gasteiger partial charge is 0.497 e. The standard InChI is InChI=1S/C44H61N6O11PS/c1-11-27-21-44(27,62(10,55)58-24-57-42(54)59-26(4)5)49-38(51)35-19-30(22-50(35)39(52)37(43(6,7)8)48-41(53)61-28-14-12-13-15-28)60-36-20-33(34-23-63-40(47-34)45-25(2)3)46-32-18-29(56-9)16-17-31(32)36/h11,16-18,20,23,25-28,30,35,37H,1,12-15,19,21-22,24H2,2-10H3,(H,45,47)(H,48,53)(H,49,51)/t27-,30-,35+,37-,44+,62?/m1/s1. The number of benzene rings is 1. The zero-order valence-corrected chi connectivity index (χ0v) is 39.3. The number of methoxy groups -OCH3 is 1. The largest absolute Gasteiger partial charge is 0.510 e. The molecule has 344 valence electrons. The van der Waals surface area contributed by atoms with Crippen LogP contribution in [0, 0.1) is 11.3 Å². The Labute approximate surface area is 372 Å². The van der Waals surface area contributed by atoms with Gasteiger partial charge >= 0.3 is 12.2 Å². The van der Waals surface area contributed by atoms with Crippen molar-refractivity contribution in [2.45, 2.75) is 129 Å². The molecule has 17 nitrogen and oxygen atoms in total. The molecule has 6 rings (SSSR count). The number of pyridine rings is 1. The Hall–Kier alpha value is -4.93. The zero-order valence-electron chi connectivity index (χ0n) is 37.6. The van der Waals surface area contributed by atoms with Crippen LogP contribution < -0.4 is 25.4 Å². The molecule has 6 atom stereocenters. The summed E-state index contributed by atoms with van der Waals surface area (Å²) in [5, 5.41) is 11.0. The van der Waals surface area contributed by atoms with Crippen LogP contribution >= 0.6 is 18.7 Å². The first kappa shape index (κ1) is 47.5. The van der Waals surface area contributed by atoms with Gasteiger partial charge in [-0.05, 0) is 77.3 Å². The average molecular weight is 913 g/mol. The molecule has 3 heterocycles. The Kier molecular flexibility index (Phi) is 14.7. The van der Waals surface area contributed by atoms with Crippen molar-refractivity contribution >= 4 is 58.8 Å². The van der Waals surface area contributed by atoms with Gasteiger partial charge in [0.15, 0.2) is 5.13 Å². The van der Waals surface area contributed by atoms with E-state index in [0.717, 1.165) is 30.8 Å². The van der Waals surface area contributed by atoms with Crippen molar-refractivity contribution in [3.05, 3.63) is 42.3 Å². The summed E-state index contributed by atoms with van der Waals surface area (Å²) in [6.45, 7) is 17.4. The quantitative estimate of drug-likeness (QED) is 0.0507. The van der Waals surface area contributed by atoms with Gasteiger partial charge in [0.05, 0.1) is 31.0 Å². The number of anilines is 1. The second-order valence-corrected chi connectivity index (χ2v) is 21.7. The lowest BCUT2D eigenvalue weighted by molar-refractivity contribution is -0.142. The Balaban J connectivity index is 1.32. The first-order valence-corrected chi connectivity index (χ1v) is 24.3. The van der Waals surface area contributed by atoms with Crippen LogP contribution in [0.15, 0.2) is 42.3 Å². The summed E-state index contributed by atoms with van der Waals surface area (Å²) in [6, 6.07) is 5.15. The fourth-order valence-electron chi connectivity index (χ4n) is 8.00. The minimum absolute atomic E-state index is 0.0310. The topological polar surface area (TPSA) is 206 Å². The number of hydrogen-bond acceptors (Lipinski definition) is 15. The second-order valence-electron chi connectivity index (χ2n) is 18.1. The molecule has 2 aromatic heterocycles. The van der Waals surface area contributed by atoms with Gasteiger partial charge in [-0.2, -0.15) is 0 Å². The minimum atomic E-state index is -3.78. The summed E-state index contributed by atoms with van der Waals surface area (Å²) in [7, 11) is -2.21.